The van der Waals surface area contributed by atoms with Gasteiger partial charge in [0.15, 0.2) is 0 Å². The maximum atomic E-state index is 12.0. The number of nitrogens with zero attached hydrogens (tertiary/aromatic N) is 1. The molecule has 1 unspecified atom stereocenters. The van der Waals surface area contributed by atoms with Gasteiger partial charge in [-0.25, -0.2) is 0 Å². The summed E-state index contributed by atoms with van der Waals surface area (Å²) < 4.78 is 0. The van der Waals surface area contributed by atoms with E-state index >= 15 is 0 Å². The van der Waals surface area contributed by atoms with Crippen molar-refractivity contribution in [3.63, 3.8) is 0 Å². The standard InChI is InChI=1S/C13H25NO2/c1-13(2,3)9-12(16)14-7-4-5-11(10-14)6-8-15/h11,15H,4-10H2,1-3H3. The molecule has 1 fully saturated rings. The number of amides is 1. The Morgan fingerprint density at radius 2 is 2.12 bits per heavy atom. The van der Waals surface area contributed by atoms with Crippen molar-refractivity contribution >= 4 is 5.91 Å². The quantitative estimate of drug-likeness (QED) is 0.801. The highest BCUT2D eigenvalue weighted by Crippen LogP contribution is 2.24. The zero-order chi connectivity index (χ0) is 12.2. The average Bonchev–Trinajstić information content (AvgIpc) is 2.16. The number of carbonyl (C=O) groups is 1. The first-order valence-electron chi connectivity index (χ1n) is 6.31. The molecule has 94 valence electrons. The lowest BCUT2D eigenvalue weighted by molar-refractivity contribution is -0.135. The van der Waals surface area contributed by atoms with Crippen LogP contribution in [-0.4, -0.2) is 35.6 Å². The SMILES string of the molecule is CC(C)(C)CC(=O)N1CCCC(CCO)C1. The number of likely N-dealkylation sites (tertiary alicyclic amines) is 1. The Morgan fingerprint density at radius 1 is 1.44 bits per heavy atom. The fourth-order valence-corrected chi connectivity index (χ4v) is 2.28. The van der Waals surface area contributed by atoms with Crippen molar-refractivity contribution in [2.45, 2.75) is 46.5 Å². The molecule has 1 rings (SSSR count). The molecule has 16 heavy (non-hydrogen) atoms. The molecular weight excluding hydrogens is 202 g/mol. The molecule has 3 nitrogen and oxygen atoms in total. The summed E-state index contributed by atoms with van der Waals surface area (Å²) in [7, 11) is 0. The normalized spacial score (nSPS) is 22.2. The molecule has 0 spiro atoms. The summed E-state index contributed by atoms with van der Waals surface area (Å²) >= 11 is 0. The molecule has 0 bridgehead atoms. The van der Waals surface area contributed by atoms with Crippen molar-refractivity contribution in [1.82, 2.24) is 4.90 Å². The van der Waals surface area contributed by atoms with Crippen LogP contribution in [0.3, 0.4) is 0 Å². The van der Waals surface area contributed by atoms with Crippen molar-refractivity contribution < 1.29 is 9.90 Å². The number of rotatable bonds is 3. The predicted molar refractivity (Wildman–Crippen MR) is 65.1 cm³/mol. The van der Waals surface area contributed by atoms with Gasteiger partial charge in [0, 0.05) is 26.1 Å². The van der Waals surface area contributed by atoms with Crippen LogP contribution in [0.15, 0.2) is 0 Å². The first-order chi connectivity index (χ1) is 7.42. The van der Waals surface area contributed by atoms with Crippen LogP contribution in [-0.2, 0) is 4.79 Å². The van der Waals surface area contributed by atoms with E-state index in [0.29, 0.717) is 12.3 Å². The number of piperidine rings is 1. The van der Waals surface area contributed by atoms with Gasteiger partial charge in [0.25, 0.3) is 0 Å². The van der Waals surface area contributed by atoms with Crippen LogP contribution in [0.5, 0.6) is 0 Å². The third kappa shape index (κ3) is 4.52. The molecule has 3 heteroatoms. The summed E-state index contributed by atoms with van der Waals surface area (Å²) in [4.78, 5) is 14.0. The van der Waals surface area contributed by atoms with E-state index < -0.39 is 0 Å². The monoisotopic (exact) mass is 227 g/mol. The van der Waals surface area contributed by atoms with Crippen molar-refractivity contribution in [3.8, 4) is 0 Å². The van der Waals surface area contributed by atoms with Gasteiger partial charge in [0.1, 0.15) is 0 Å². The molecule has 1 saturated heterocycles. The number of aliphatic hydroxyl groups excluding tert-OH is 1. The van der Waals surface area contributed by atoms with Crippen LogP contribution < -0.4 is 0 Å². The molecule has 1 amide bonds. The lowest BCUT2D eigenvalue weighted by Crippen LogP contribution is -2.41. The second-order valence-corrected chi connectivity index (χ2v) is 6.10. The Hall–Kier alpha value is -0.570. The van der Waals surface area contributed by atoms with Crippen LogP contribution in [0, 0.1) is 11.3 Å². The Labute approximate surface area is 98.8 Å². The van der Waals surface area contributed by atoms with Crippen molar-refractivity contribution in [3.05, 3.63) is 0 Å². The Morgan fingerprint density at radius 3 is 2.69 bits per heavy atom. The highest BCUT2D eigenvalue weighted by Gasteiger charge is 2.26. The molecule has 0 aliphatic carbocycles. The molecule has 1 aliphatic heterocycles. The summed E-state index contributed by atoms with van der Waals surface area (Å²) in [5, 5.41) is 8.93. The number of hydrogen-bond acceptors (Lipinski definition) is 2. The van der Waals surface area contributed by atoms with Gasteiger partial charge in [-0.05, 0) is 30.6 Å². The van der Waals surface area contributed by atoms with E-state index in [1.807, 2.05) is 4.90 Å². The van der Waals surface area contributed by atoms with Crippen molar-refractivity contribution in [2.24, 2.45) is 11.3 Å². The van der Waals surface area contributed by atoms with Crippen LogP contribution in [0.4, 0.5) is 0 Å². The van der Waals surface area contributed by atoms with Gasteiger partial charge in [0.05, 0.1) is 0 Å². The lowest BCUT2D eigenvalue weighted by Gasteiger charge is -2.34. The fraction of sp³-hybridized carbons (Fsp3) is 0.923. The molecule has 1 aliphatic rings. The van der Waals surface area contributed by atoms with E-state index in [1.165, 1.54) is 0 Å². The third-order valence-corrected chi connectivity index (χ3v) is 3.09. The minimum absolute atomic E-state index is 0.0704. The van der Waals surface area contributed by atoms with Gasteiger partial charge < -0.3 is 10.0 Å². The number of aliphatic hydroxyl groups is 1. The molecule has 0 aromatic heterocycles. The van der Waals surface area contributed by atoms with Crippen LogP contribution in [0.1, 0.15) is 46.5 Å². The summed E-state index contributed by atoms with van der Waals surface area (Å²) in [6.07, 6.45) is 3.69. The number of carbonyl (C=O) groups excluding carboxylic acids is 1. The molecule has 0 aromatic rings. The maximum absolute atomic E-state index is 12.0. The van der Waals surface area contributed by atoms with E-state index in [2.05, 4.69) is 20.8 Å². The summed E-state index contributed by atoms with van der Waals surface area (Å²) in [5.74, 6) is 0.776. The second kappa shape index (κ2) is 5.67. The van der Waals surface area contributed by atoms with E-state index in [0.717, 1.165) is 32.4 Å². The van der Waals surface area contributed by atoms with Crippen molar-refractivity contribution in [2.75, 3.05) is 19.7 Å². The Kier molecular flexibility index (Phi) is 4.78. The highest BCUT2D eigenvalue weighted by atomic mass is 16.3. The van der Waals surface area contributed by atoms with Gasteiger partial charge >= 0.3 is 0 Å². The molecule has 1 heterocycles. The molecule has 1 N–H and O–H groups in total. The second-order valence-electron chi connectivity index (χ2n) is 6.10. The molecule has 0 radical (unpaired) electrons. The van der Waals surface area contributed by atoms with Gasteiger partial charge in [-0.3, -0.25) is 4.79 Å². The van der Waals surface area contributed by atoms with Crippen molar-refractivity contribution in [1.29, 1.82) is 0 Å². The van der Waals surface area contributed by atoms with E-state index in [9.17, 15) is 4.79 Å². The molecule has 0 saturated carbocycles. The van der Waals surface area contributed by atoms with Crippen LogP contribution in [0.25, 0.3) is 0 Å². The third-order valence-electron chi connectivity index (χ3n) is 3.09. The van der Waals surface area contributed by atoms with E-state index in [-0.39, 0.29) is 17.9 Å². The van der Waals surface area contributed by atoms with Gasteiger partial charge in [-0.15, -0.1) is 0 Å². The predicted octanol–water partition coefficient (Wildman–Crippen LogP) is 2.04. The maximum Gasteiger partial charge on any atom is 0.223 e. The Balaban J connectivity index is 2.44. The highest BCUT2D eigenvalue weighted by molar-refractivity contribution is 5.76. The molecular formula is C13H25NO2. The zero-order valence-electron chi connectivity index (χ0n) is 10.8. The van der Waals surface area contributed by atoms with Gasteiger partial charge in [-0.1, -0.05) is 20.8 Å². The summed E-state index contributed by atoms with van der Waals surface area (Å²) in [5.41, 5.74) is 0.0704. The van der Waals surface area contributed by atoms with E-state index in [4.69, 9.17) is 5.11 Å². The largest absolute Gasteiger partial charge is 0.396 e. The van der Waals surface area contributed by atoms with Gasteiger partial charge in [-0.2, -0.15) is 0 Å². The zero-order valence-corrected chi connectivity index (χ0v) is 10.8. The first-order valence-corrected chi connectivity index (χ1v) is 6.31. The fourth-order valence-electron chi connectivity index (χ4n) is 2.28. The van der Waals surface area contributed by atoms with Crippen LogP contribution in [0.2, 0.25) is 0 Å². The summed E-state index contributed by atoms with van der Waals surface area (Å²) in [6.45, 7) is 8.28. The topological polar surface area (TPSA) is 40.5 Å². The smallest absolute Gasteiger partial charge is 0.223 e. The number of hydrogen-bond donors (Lipinski definition) is 1. The van der Waals surface area contributed by atoms with Gasteiger partial charge in [0.2, 0.25) is 5.91 Å². The summed E-state index contributed by atoms with van der Waals surface area (Å²) in [6, 6.07) is 0. The lowest BCUT2D eigenvalue weighted by atomic mass is 9.90. The average molecular weight is 227 g/mol. The molecule has 0 aromatic carbocycles. The minimum atomic E-state index is 0.0704. The first kappa shape index (κ1) is 13.5. The minimum Gasteiger partial charge on any atom is -0.396 e. The van der Waals surface area contributed by atoms with E-state index in [1.54, 1.807) is 0 Å². The molecule has 1 atom stereocenters. The Bertz CT molecular complexity index is 231. The van der Waals surface area contributed by atoms with Crippen LogP contribution >= 0.6 is 0 Å².